The maximum absolute atomic E-state index is 11.3. The largest absolute Gasteiger partial charge is 0.481 e. The number of carboxylic acid groups (broad SMARTS) is 1. The van der Waals surface area contributed by atoms with Crippen LogP contribution in [0, 0.1) is 17.2 Å². The lowest BCUT2D eigenvalue weighted by Crippen LogP contribution is -2.36. The second kappa shape index (κ2) is 5.35. The molecule has 0 radical (unpaired) electrons. The van der Waals surface area contributed by atoms with Gasteiger partial charge in [0.05, 0.1) is 18.4 Å². The van der Waals surface area contributed by atoms with Crippen LogP contribution in [0.5, 0.6) is 0 Å². The fraction of sp³-hybridized carbons (Fsp3) is 0.700. The van der Waals surface area contributed by atoms with E-state index in [9.17, 15) is 9.59 Å². The molecule has 15 heavy (non-hydrogen) atoms. The van der Waals surface area contributed by atoms with Crippen molar-refractivity contribution in [2.24, 2.45) is 5.92 Å². The summed E-state index contributed by atoms with van der Waals surface area (Å²) in [6.07, 6.45) is 2.42. The molecular weight excluding hydrogens is 196 g/mol. The van der Waals surface area contributed by atoms with Crippen LogP contribution in [0.3, 0.4) is 0 Å². The Kier molecular flexibility index (Phi) is 4.10. The molecule has 1 fully saturated rings. The van der Waals surface area contributed by atoms with E-state index in [-0.39, 0.29) is 30.7 Å². The van der Waals surface area contributed by atoms with Crippen molar-refractivity contribution in [2.75, 3.05) is 0 Å². The van der Waals surface area contributed by atoms with Crippen molar-refractivity contribution in [3.8, 4) is 6.07 Å². The zero-order chi connectivity index (χ0) is 11.3. The SMILES string of the molecule is N#CC1CCCC1NC(=O)CCC(=O)O. The van der Waals surface area contributed by atoms with Gasteiger partial charge in [-0.1, -0.05) is 0 Å². The molecule has 0 aromatic rings. The number of aliphatic carboxylic acids is 1. The molecule has 2 unspecified atom stereocenters. The predicted molar refractivity (Wildman–Crippen MR) is 51.8 cm³/mol. The van der Waals surface area contributed by atoms with Crippen LogP contribution in [0.2, 0.25) is 0 Å². The van der Waals surface area contributed by atoms with Crippen molar-refractivity contribution in [1.29, 1.82) is 5.26 Å². The van der Waals surface area contributed by atoms with Gasteiger partial charge in [0, 0.05) is 12.5 Å². The Bertz CT molecular complexity index is 296. The standard InChI is InChI=1S/C10H14N2O3/c11-6-7-2-1-3-8(7)12-9(13)4-5-10(14)15/h7-8H,1-5H2,(H,12,13)(H,14,15). The minimum atomic E-state index is -0.978. The smallest absolute Gasteiger partial charge is 0.303 e. The van der Waals surface area contributed by atoms with Crippen LogP contribution in [0.25, 0.3) is 0 Å². The van der Waals surface area contributed by atoms with Crippen molar-refractivity contribution in [2.45, 2.75) is 38.1 Å². The number of carbonyl (C=O) groups excluding carboxylic acids is 1. The monoisotopic (exact) mass is 210 g/mol. The van der Waals surface area contributed by atoms with Gasteiger partial charge in [-0.05, 0) is 19.3 Å². The van der Waals surface area contributed by atoms with Gasteiger partial charge >= 0.3 is 5.97 Å². The molecule has 0 aromatic carbocycles. The Balaban J connectivity index is 2.31. The number of rotatable bonds is 4. The highest BCUT2D eigenvalue weighted by Gasteiger charge is 2.28. The molecular formula is C10H14N2O3. The molecule has 1 aliphatic rings. The summed E-state index contributed by atoms with van der Waals surface area (Å²) in [6, 6.07) is 2.07. The van der Waals surface area contributed by atoms with E-state index in [1.54, 1.807) is 0 Å². The Morgan fingerprint density at radius 2 is 2.13 bits per heavy atom. The number of nitrogens with zero attached hydrogens (tertiary/aromatic N) is 1. The normalized spacial score (nSPS) is 24.5. The van der Waals surface area contributed by atoms with Gasteiger partial charge in [-0.2, -0.15) is 5.26 Å². The van der Waals surface area contributed by atoms with E-state index in [0.29, 0.717) is 0 Å². The summed E-state index contributed by atoms with van der Waals surface area (Å²) in [5, 5.41) is 19.9. The van der Waals surface area contributed by atoms with E-state index < -0.39 is 5.97 Å². The Labute approximate surface area is 88.1 Å². The van der Waals surface area contributed by atoms with E-state index in [2.05, 4.69) is 11.4 Å². The molecule has 0 aliphatic heterocycles. The summed E-state index contributed by atoms with van der Waals surface area (Å²) < 4.78 is 0. The lowest BCUT2D eigenvalue weighted by Gasteiger charge is -2.14. The third-order valence-corrected chi connectivity index (χ3v) is 2.59. The second-order valence-corrected chi connectivity index (χ2v) is 3.73. The number of hydrogen-bond donors (Lipinski definition) is 2. The molecule has 1 rings (SSSR count). The molecule has 0 heterocycles. The van der Waals surface area contributed by atoms with Gasteiger partial charge in [0.15, 0.2) is 0 Å². The first kappa shape index (κ1) is 11.5. The highest BCUT2D eigenvalue weighted by Crippen LogP contribution is 2.24. The number of carbonyl (C=O) groups is 2. The molecule has 1 aliphatic carbocycles. The van der Waals surface area contributed by atoms with Crippen molar-refractivity contribution in [3.63, 3.8) is 0 Å². The minimum absolute atomic E-state index is 0.00994. The molecule has 82 valence electrons. The minimum Gasteiger partial charge on any atom is -0.481 e. The first-order valence-corrected chi connectivity index (χ1v) is 5.04. The number of nitriles is 1. The van der Waals surface area contributed by atoms with Gasteiger partial charge in [-0.15, -0.1) is 0 Å². The van der Waals surface area contributed by atoms with Crippen molar-refractivity contribution in [3.05, 3.63) is 0 Å². The van der Waals surface area contributed by atoms with E-state index >= 15 is 0 Å². The molecule has 2 N–H and O–H groups in total. The fourth-order valence-corrected chi connectivity index (χ4v) is 1.79. The van der Waals surface area contributed by atoms with Crippen molar-refractivity contribution in [1.82, 2.24) is 5.32 Å². The molecule has 0 spiro atoms. The molecule has 2 atom stereocenters. The molecule has 0 saturated heterocycles. The van der Waals surface area contributed by atoms with Crippen LogP contribution in [0.15, 0.2) is 0 Å². The maximum atomic E-state index is 11.3. The van der Waals surface area contributed by atoms with E-state index in [1.807, 2.05) is 0 Å². The van der Waals surface area contributed by atoms with Crippen LogP contribution >= 0.6 is 0 Å². The highest BCUT2D eigenvalue weighted by molar-refractivity contribution is 5.80. The Morgan fingerprint density at radius 3 is 2.73 bits per heavy atom. The van der Waals surface area contributed by atoms with Gasteiger partial charge in [0.1, 0.15) is 0 Å². The highest BCUT2D eigenvalue weighted by atomic mass is 16.4. The molecule has 0 aromatic heterocycles. The quantitative estimate of drug-likeness (QED) is 0.713. The lowest BCUT2D eigenvalue weighted by atomic mass is 10.1. The van der Waals surface area contributed by atoms with Crippen molar-refractivity contribution >= 4 is 11.9 Å². The molecule has 5 nitrogen and oxygen atoms in total. The van der Waals surface area contributed by atoms with Gasteiger partial charge in [0.25, 0.3) is 0 Å². The summed E-state index contributed by atoms with van der Waals surface area (Å²) in [5.74, 6) is -1.36. The maximum Gasteiger partial charge on any atom is 0.303 e. The summed E-state index contributed by atoms with van der Waals surface area (Å²) in [5.41, 5.74) is 0. The second-order valence-electron chi connectivity index (χ2n) is 3.73. The Hall–Kier alpha value is -1.57. The van der Waals surface area contributed by atoms with Gasteiger partial charge in [0.2, 0.25) is 5.91 Å². The molecule has 0 bridgehead atoms. The molecule has 5 heteroatoms. The van der Waals surface area contributed by atoms with Gasteiger partial charge in [-0.3, -0.25) is 9.59 Å². The first-order valence-electron chi connectivity index (χ1n) is 5.04. The van der Waals surface area contributed by atoms with Crippen LogP contribution in [-0.2, 0) is 9.59 Å². The summed E-state index contributed by atoms with van der Waals surface area (Å²) >= 11 is 0. The topological polar surface area (TPSA) is 90.2 Å². The zero-order valence-electron chi connectivity index (χ0n) is 8.40. The summed E-state index contributed by atoms with van der Waals surface area (Å²) in [7, 11) is 0. The van der Waals surface area contributed by atoms with E-state index in [1.165, 1.54) is 0 Å². The van der Waals surface area contributed by atoms with Crippen LogP contribution in [-0.4, -0.2) is 23.0 Å². The third-order valence-electron chi connectivity index (χ3n) is 2.59. The van der Waals surface area contributed by atoms with Crippen LogP contribution < -0.4 is 5.32 Å². The van der Waals surface area contributed by atoms with E-state index in [4.69, 9.17) is 10.4 Å². The van der Waals surface area contributed by atoms with Gasteiger partial charge in [-0.25, -0.2) is 0 Å². The average Bonchev–Trinajstić information content (AvgIpc) is 2.62. The first-order chi connectivity index (χ1) is 7.13. The molecule has 1 amide bonds. The lowest BCUT2D eigenvalue weighted by molar-refractivity contribution is -0.138. The number of carboxylic acids is 1. The van der Waals surface area contributed by atoms with Gasteiger partial charge < -0.3 is 10.4 Å². The summed E-state index contributed by atoms with van der Waals surface area (Å²) in [4.78, 5) is 21.5. The predicted octanol–water partition coefficient (Wildman–Crippen LogP) is 0.660. The zero-order valence-corrected chi connectivity index (χ0v) is 8.40. The third kappa shape index (κ3) is 3.58. The number of amides is 1. The number of hydrogen-bond acceptors (Lipinski definition) is 3. The van der Waals surface area contributed by atoms with Crippen molar-refractivity contribution < 1.29 is 14.7 Å². The number of nitrogens with one attached hydrogen (secondary N) is 1. The fourth-order valence-electron chi connectivity index (χ4n) is 1.79. The average molecular weight is 210 g/mol. The summed E-state index contributed by atoms with van der Waals surface area (Å²) in [6.45, 7) is 0. The molecule has 1 saturated carbocycles. The van der Waals surface area contributed by atoms with Crippen LogP contribution in [0.1, 0.15) is 32.1 Å². The van der Waals surface area contributed by atoms with Crippen LogP contribution in [0.4, 0.5) is 0 Å². The van der Waals surface area contributed by atoms with E-state index in [0.717, 1.165) is 19.3 Å². The Morgan fingerprint density at radius 1 is 1.40 bits per heavy atom.